The molecule has 1 fully saturated rings. The van der Waals surface area contributed by atoms with Crippen LogP contribution in [0.2, 0.25) is 0 Å². The molecule has 1 saturated heterocycles. The predicted molar refractivity (Wildman–Crippen MR) is 72.2 cm³/mol. The molecule has 1 unspecified atom stereocenters. The number of nitrogen functional groups attached to an aromatic ring is 1. The van der Waals surface area contributed by atoms with E-state index in [1.165, 1.54) is 11.3 Å². The minimum atomic E-state index is -0.356. The normalized spacial score (nSPS) is 18.8. The molecule has 18 heavy (non-hydrogen) atoms. The summed E-state index contributed by atoms with van der Waals surface area (Å²) in [7, 11) is 0. The number of esters is 1. The first kappa shape index (κ1) is 13.2. The summed E-state index contributed by atoms with van der Waals surface area (Å²) in [5, 5.41) is 4.13. The Balaban J connectivity index is 1.93. The summed E-state index contributed by atoms with van der Waals surface area (Å²) in [6.07, 6.45) is 2.46. The first-order chi connectivity index (χ1) is 8.70. The molecule has 0 saturated carbocycles. The highest BCUT2D eigenvalue weighted by Gasteiger charge is 2.18. The zero-order valence-corrected chi connectivity index (χ0v) is 11.2. The molecule has 6 heteroatoms. The van der Waals surface area contributed by atoms with E-state index in [0.29, 0.717) is 17.2 Å². The Hall–Kier alpha value is -1.27. The number of rotatable bonds is 5. The zero-order chi connectivity index (χ0) is 13.0. The molecular weight excluding hydrogens is 252 g/mol. The predicted octanol–water partition coefficient (Wildman–Crippen LogP) is 2.10. The Labute approximate surface area is 110 Å². The number of carbonyl (C=O) groups is 1. The Morgan fingerprint density at radius 2 is 2.56 bits per heavy atom. The van der Waals surface area contributed by atoms with Gasteiger partial charge in [-0.15, -0.1) is 11.3 Å². The standard InChI is InChI=1S/C12H18N2O3S/c1-2-16-12(15)11-9(13)6-10(18-11)14-7-8-4-3-5-17-8/h6,8,14H,2-5,7,13H2,1H3. The molecule has 1 aromatic rings. The third-order valence-electron chi connectivity index (χ3n) is 2.75. The fraction of sp³-hybridized carbons (Fsp3) is 0.583. The van der Waals surface area contributed by atoms with Crippen LogP contribution in [0.3, 0.4) is 0 Å². The largest absolute Gasteiger partial charge is 0.462 e. The first-order valence-electron chi connectivity index (χ1n) is 6.12. The van der Waals surface area contributed by atoms with Crippen molar-refractivity contribution in [2.24, 2.45) is 0 Å². The lowest BCUT2D eigenvalue weighted by atomic mass is 10.2. The average Bonchev–Trinajstić information content (AvgIpc) is 2.96. The minimum Gasteiger partial charge on any atom is -0.462 e. The van der Waals surface area contributed by atoms with E-state index in [1.54, 1.807) is 13.0 Å². The monoisotopic (exact) mass is 270 g/mol. The molecule has 5 nitrogen and oxygen atoms in total. The fourth-order valence-corrected chi connectivity index (χ4v) is 2.75. The van der Waals surface area contributed by atoms with Gasteiger partial charge in [-0.2, -0.15) is 0 Å². The van der Waals surface area contributed by atoms with Crippen molar-refractivity contribution < 1.29 is 14.3 Å². The van der Waals surface area contributed by atoms with Crippen molar-refractivity contribution in [2.45, 2.75) is 25.9 Å². The van der Waals surface area contributed by atoms with E-state index in [2.05, 4.69) is 5.32 Å². The maximum Gasteiger partial charge on any atom is 0.350 e. The van der Waals surface area contributed by atoms with Crippen LogP contribution in [0.1, 0.15) is 29.4 Å². The smallest absolute Gasteiger partial charge is 0.350 e. The van der Waals surface area contributed by atoms with Crippen LogP contribution in [0.25, 0.3) is 0 Å². The van der Waals surface area contributed by atoms with E-state index < -0.39 is 0 Å². The van der Waals surface area contributed by atoms with Crippen LogP contribution in [0.4, 0.5) is 10.7 Å². The van der Waals surface area contributed by atoms with Gasteiger partial charge in [-0.25, -0.2) is 4.79 Å². The molecule has 0 aromatic carbocycles. The Morgan fingerprint density at radius 3 is 3.22 bits per heavy atom. The number of ether oxygens (including phenoxy) is 2. The maximum atomic E-state index is 11.6. The second kappa shape index (κ2) is 6.06. The average molecular weight is 270 g/mol. The van der Waals surface area contributed by atoms with E-state index in [9.17, 15) is 4.79 Å². The Kier molecular flexibility index (Phi) is 4.43. The van der Waals surface area contributed by atoms with Crippen molar-refractivity contribution in [3.05, 3.63) is 10.9 Å². The number of carbonyl (C=O) groups excluding carboxylic acids is 1. The molecule has 1 aliphatic rings. The maximum absolute atomic E-state index is 11.6. The number of hydrogen-bond donors (Lipinski definition) is 2. The number of nitrogens with two attached hydrogens (primary N) is 1. The van der Waals surface area contributed by atoms with E-state index in [0.717, 1.165) is 31.0 Å². The Bertz CT molecular complexity index is 413. The van der Waals surface area contributed by atoms with Crippen molar-refractivity contribution in [1.82, 2.24) is 0 Å². The summed E-state index contributed by atoms with van der Waals surface area (Å²) >= 11 is 1.32. The van der Waals surface area contributed by atoms with Crippen LogP contribution in [-0.4, -0.2) is 31.8 Å². The van der Waals surface area contributed by atoms with Crippen LogP contribution in [-0.2, 0) is 9.47 Å². The van der Waals surface area contributed by atoms with Gasteiger partial charge in [0.25, 0.3) is 0 Å². The summed E-state index contributed by atoms with van der Waals surface area (Å²) in [5.41, 5.74) is 6.26. The van der Waals surface area contributed by atoms with Gasteiger partial charge in [0.05, 0.1) is 23.4 Å². The number of anilines is 2. The molecule has 1 atom stereocenters. The summed E-state index contributed by atoms with van der Waals surface area (Å²) in [5.74, 6) is -0.356. The van der Waals surface area contributed by atoms with Crippen LogP contribution in [0.15, 0.2) is 6.07 Å². The highest BCUT2D eigenvalue weighted by molar-refractivity contribution is 7.18. The molecule has 1 aromatic heterocycles. The van der Waals surface area contributed by atoms with E-state index in [1.807, 2.05) is 0 Å². The minimum absolute atomic E-state index is 0.263. The lowest BCUT2D eigenvalue weighted by molar-refractivity contribution is 0.0533. The van der Waals surface area contributed by atoms with Gasteiger partial charge in [0, 0.05) is 13.2 Å². The molecule has 0 radical (unpaired) electrons. The summed E-state index contributed by atoms with van der Waals surface area (Å²) in [6, 6.07) is 1.77. The number of nitrogens with one attached hydrogen (secondary N) is 1. The van der Waals surface area contributed by atoms with E-state index in [4.69, 9.17) is 15.2 Å². The molecule has 0 spiro atoms. The molecule has 2 heterocycles. The van der Waals surface area contributed by atoms with Crippen molar-refractivity contribution in [2.75, 3.05) is 30.8 Å². The van der Waals surface area contributed by atoms with Crippen LogP contribution in [0, 0.1) is 0 Å². The van der Waals surface area contributed by atoms with Crippen molar-refractivity contribution >= 4 is 28.0 Å². The molecule has 2 rings (SSSR count). The van der Waals surface area contributed by atoms with E-state index >= 15 is 0 Å². The lowest BCUT2D eigenvalue weighted by Crippen LogP contribution is -2.17. The van der Waals surface area contributed by atoms with Gasteiger partial charge in [-0.3, -0.25) is 0 Å². The SMILES string of the molecule is CCOC(=O)c1sc(NCC2CCCO2)cc1N. The second-order valence-electron chi connectivity index (χ2n) is 4.13. The van der Waals surface area contributed by atoms with Gasteiger partial charge < -0.3 is 20.5 Å². The zero-order valence-electron chi connectivity index (χ0n) is 10.4. The number of thiophene rings is 1. The van der Waals surface area contributed by atoms with Crippen molar-refractivity contribution in [3.63, 3.8) is 0 Å². The summed E-state index contributed by atoms with van der Waals surface area (Å²) < 4.78 is 10.5. The van der Waals surface area contributed by atoms with Crippen LogP contribution in [0.5, 0.6) is 0 Å². The summed E-state index contributed by atoms with van der Waals surface area (Å²) in [6.45, 7) is 3.72. The molecule has 1 aliphatic heterocycles. The molecule has 0 amide bonds. The van der Waals surface area contributed by atoms with Crippen LogP contribution < -0.4 is 11.1 Å². The van der Waals surface area contributed by atoms with Crippen molar-refractivity contribution in [3.8, 4) is 0 Å². The molecule has 100 valence electrons. The third-order valence-corrected chi connectivity index (χ3v) is 3.84. The molecule has 0 aliphatic carbocycles. The molecule has 0 bridgehead atoms. The highest BCUT2D eigenvalue weighted by atomic mass is 32.1. The van der Waals surface area contributed by atoms with Crippen molar-refractivity contribution in [1.29, 1.82) is 0 Å². The molecular formula is C12H18N2O3S. The Morgan fingerprint density at radius 1 is 1.72 bits per heavy atom. The highest BCUT2D eigenvalue weighted by Crippen LogP contribution is 2.30. The van der Waals surface area contributed by atoms with Gasteiger partial charge in [0.15, 0.2) is 0 Å². The van der Waals surface area contributed by atoms with Gasteiger partial charge >= 0.3 is 5.97 Å². The van der Waals surface area contributed by atoms with Crippen LogP contribution >= 0.6 is 11.3 Å². The lowest BCUT2D eigenvalue weighted by Gasteiger charge is -2.09. The first-order valence-corrected chi connectivity index (χ1v) is 6.94. The number of hydrogen-bond acceptors (Lipinski definition) is 6. The summed E-state index contributed by atoms with van der Waals surface area (Å²) in [4.78, 5) is 12.1. The third kappa shape index (κ3) is 3.14. The fourth-order valence-electron chi connectivity index (χ4n) is 1.87. The van der Waals surface area contributed by atoms with E-state index in [-0.39, 0.29) is 12.1 Å². The van der Waals surface area contributed by atoms with Gasteiger partial charge in [0.2, 0.25) is 0 Å². The topological polar surface area (TPSA) is 73.6 Å². The second-order valence-corrected chi connectivity index (χ2v) is 5.18. The quantitative estimate of drug-likeness (QED) is 0.801. The van der Waals surface area contributed by atoms with Gasteiger partial charge in [-0.05, 0) is 25.8 Å². The molecule has 3 N–H and O–H groups in total. The van der Waals surface area contributed by atoms with Gasteiger partial charge in [0.1, 0.15) is 4.88 Å². The van der Waals surface area contributed by atoms with Gasteiger partial charge in [-0.1, -0.05) is 0 Å².